The van der Waals surface area contributed by atoms with E-state index in [-0.39, 0.29) is 10.6 Å². The van der Waals surface area contributed by atoms with Crippen molar-refractivity contribution in [1.29, 1.82) is 0 Å². The number of nitrogens with zero attached hydrogens (tertiary/aromatic N) is 2. The Morgan fingerprint density at radius 3 is 2.61 bits per heavy atom. The summed E-state index contributed by atoms with van der Waals surface area (Å²) in [5.41, 5.74) is 0.563. The smallest absolute Gasteiger partial charge is 0.294 e. The number of hydrogen-bond acceptors (Lipinski definition) is 6. The number of hydrogen-bond donors (Lipinski definition) is 1. The van der Waals surface area contributed by atoms with E-state index in [9.17, 15) is 28.9 Å². The lowest BCUT2D eigenvalue weighted by molar-refractivity contribution is -0.384. The van der Waals surface area contributed by atoms with Crippen LogP contribution in [-0.2, 0) is 9.59 Å². The molecule has 0 aliphatic carbocycles. The van der Waals surface area contributed by atoms with Crippen molar-refractivity contribution in [2.24, 2.45) is 0 Å². The van der Waals surface area contributed by atoms with E-state index in [1.54, 1.807) is 6.07 Å². The van der Waals surface area contributed by atoms with E-state index < -0.39 is 34.3 Å². The summed E-state index contributed by atoms with van der Waals surface area (Å²) in [5.74, 6) is -1.75. The summed E-state index contributed by atoms with van der Waals surface area (Å²) in [4.78, 5) is 47.7. The van der Waals surface area contributed by atoms with Crippen LogP contribution < -0.4 is 5.32 Å². The molecule has 0 spiro atoms. The van der Waals surface area contributed by atoms with Gasteiger partial charge in [-0.2, -0.15) is 0 Å². The Labute approximate surface area is 162 Å². The topological polar surface area (TPSA) is 110 Å². The SMILES string of the molecule is O=C(CN1C(=O)S/C(=C/c2cccc([N+](=O)[O-])c2)C1=O)Nc1ccc(F)cc1. The summed E-state index contributed by atoms with van der Waals surface area (Å²) in [7, 11) is 0. The number of nitro groups is 1. The highest BCUT2D eigenvalue weighted by Gasteiger charge is 2.36. The minimum Gasteiger partial charge on any atom is -0.325 e. The van der Waals surface area contributed by atoms with E-state index in [4.69, 9.17) is 0 Å². The monoisotopic (exact) mass is 401 g/mol. The number of halogens is 1. The molecule has 1 fully saturated rings. The number of anilines is 1. The molecule has 8 nitrogen and oxygen atoms in total. The van der Waals surface area contributed by atoms with Crippen LogP contribution in [0.1, 0.15) is 5.56 Å². The van der Waals surface area contributed by atoms with Crippen molar-refractivity contribution in [2.75, 3.05) is 11.9 Å². The maximum Gasteiger partial charge on any atom is 0.294 e. The van der Waals surface area contributed by atoms with Crippen molar-refractivity contribution in [2.45, 2.75) is 0 Å². The van der Waals surface area contributed by atoms with Gasteiger partial charge in [0, 0.05) is 17.8 Å². The van der Waals surface area contributed by atoms with Gasteiger partial charge in [-0.15, -0.1) is 0 Å². The summed E-state index contributed by atoms with van der Waals surface area (Å²) in [6.07, 6.45) is 1.36. The van der Waals surface area contributed by atoms with Gasteiger partial charge in [-0.3, -0.25) is 29.4 Å². The Morgan fingerprint density at radius 2 is 1.93 bits per heavy atom. The standard InChI is InChI=1S/C18H12FN3O5S/c19-12-4-6-13(7-5-12)20-16(23)10-21-17(24)15(28-18(21)25)9-11-2-1-3-14(8-11)22(26)27/h1-9H,10H2,(H,20,23)/b15-9+. The van der Waals surface area contributed by atoms with Crippen LogP contribution in [0.5, 0.6) is 0 Å². The average Bonchev–Trinajstić information content (AvgIpc) is 2.91. The molecule has 28 heavy (non-hydrogen) atoms. The molecular weight excluding hydrogens is 389 g/mol. The summed E-state index contributed by atoms with van der Waals surface area (Å²) < 4.78 is 12.9. The largest absolute Gasteiger partial charge is 0.325 e. The molecule has 1 aliphatic heterocycles. The highest BCUT2D eigenvalue weighted by molar-refractivity contribution is 8.18. The summed E-state index contributed by atoms with van der Waals surface area (Å²) in [6.45, 7) is -0.506. The molecular formula is C18H12FN3O5S. The molecule has 0 saturated carbocycles. The second kappa shape index (κ2) is 8.01. The number of carbonyl (C=O) groups excluding carboxylic acids is 3. The Kier molecular flexibility index (Phi) is 5.50. The molecule has 1 N–H and O–H groups in total. The molecule has 0 radical (unpaired) electrons. The molecule has 1 saturated heterocycles. The van der Waals surface area contributed by atoms with Crippen LogP contribution in [0.3, 0.4) is 0 Å². The molecule has 2 aromatic carbocycles. The van der Waals surface area contributed by atoms with Gasteiger partial charge < -0.3 is 5.32 Å². The lowest BCUT2D eigenvalue weighted by atomic mass is 10.2. The maximum atomic E-state index is 12.9. The van der Waals surface area contributed by atoms with Crippen molar-refractivity contribution < 1.29 is 23.7 Å². The van der Waals surface area contributed by atoms with E-state index in [2.05, 4.69) is 5.32 Å². The average molecular weight is 401 g/mol. The summed E-state index contributed by atoms with van der Waals surface area (Å²) in [5, 5.41) is 12.7. The van der Waals surface area contributed by atoms with Gasteiger partial charge in [0.2, 0.25) is 5.91 Å². The molecule has 3 rings (SSSR count). The molecule has 3 amide bonds. The minimum atomic E-state index is -0.671. The van der Waals surface area contributed by atoms with E-state index in [0.29, 0.717) is 23.0 Å². The van der Waals surface area contributed by atoms with Gasteiger partial charge in [0.05, 0.1) is 9.83 Å². The Morgan fingerprint density at radius 1 is 1.21 bits per heavy atom. The van der Waals surface area contributed by atoms with Crippen LogP contribution in [0.15, 0.2) is 53.4 Å². The molecule has 2 aromatic rings. The zero-order valence-electron chi connectivity index (χ0n) is 14.1. The first-order valence-electron chi connectivity index (χ1n) is 7.89. The van der Waals surface area contributed by atoms with Crippen molar-refractivity contribution in [3.63, 3.8) is 0 Å². The fourth-order valence-electron chi connectivity index (χ4n) is 2.39. The first-order valence-corrected chi connectivity index (χ1v) is 8.70. The Balaban J connectivity index is 1.71. The highest BCUT2D eigenvalue weighted by atomic mass is 32.2. The third-order valence-corrected chi connectivity index (χ3v) is 4.59. The fourth-order valence-corrected chi connectivity index (χ4v) is 3.23. The zero-order chi connectivity index (χ0) is 20.3. The number of thioether (sulfide) groups is 1. The molecule has 1 heterocycles. The van der Waals surface area contributed by atoms with Crippen molar-refractivity contribution in [3.8, 4) is 0 Å². The second-order valence-corrected chi connectivity index (χ2v) is 6.67. The van der Waals surface area contributed by atoms with Crippen LogP contribution >= 0.6 is 11.8 Å². The van der Waals surface area contributed by atoms with Gasteiger partial charge >= 0.3 is 0 Å². The Hall–Kier alpha value is -3.53. The number of benzene rings is 2. The summed E-state index contributed by atoms with van der Waals surface area (Å²) >= 11 is 0.640. The first kappa shape index (κ1) is 19.2. The van der Waals surface area contributed by atoms with Crippen LogP contribution in [0.4, 0.5) is 20.6 Å². The predicted molar refractivity (Wildman–Crippen MR) is 101 cm³/mol. The lowest BCUT2D eigenvalue weighted by Crippen LogP contribution is -2.36. The number of rotatable bonds is 5. The highest BCUT2D eigenvalue weighted by Crippen LogP contribution is 2.32. The molecule has 0 unspecified atom stereocenters. The number of nitrogens with one attached hydrogen (secondary N) is 1. The normalized spacial score (nSPS) is 15.2. The number of nitro benzene ring substituents is 1. The second-order valence-electron chi connectivity index (χ2n) is 5.68. The van der Waals surface area contributed by atoms with Crippen LogP contribution in [-0.4, -0.2) is 33.4 Å². The number of imide groups is 1. The van der Waals surface area contributed by atoms with E-state index >= 15 is 0 Å². The predicted octanol–water partition coefficient (Wildman–Crippen LogP) is 3.41. The van der Waals surface area contributed by atoms with Gasteiger partial charge in [-0.05, 0) is 47.7 Å². The fraction of sp³-hybridized carbons (Fsp3) is 0.0556. The molecule has 0 bridgehead atoms. The number of amides is 3. The van der Waals surface area contributed by atoms with E-state index in [1.165, 1.54) is 36.4 Å². The van der Waals surface area contributed by atoms with E-state index in [0.717, 1.165) is 17.0 Å². The van der Waals surface area contributed by atoms with Crippen molar-refractivity contribution in [1.82, 2.24) is 4.90 Å². The third-order valence-electron chi connectivity index (χ3n) is 3.68. The van der Waals surface area contributed by atoms with Crippen molar-refractivity contribution in [3.05, 3.63) is 74.9 Å². The van der Waals surface area contributed by atoms with Crippen molar-refractivity contribution >= 4 is 46.3 Å². The van der Waals surface area contributed by atoms with Gasteiger partial charge in [0.15, 0.2) is 0 Å². The quantitative estimate of drug-likeness (QED) is 0.467. The molecule has 0 atom stereocenters. The zero-order valence-corrected chi connectivity index (χ0v) is 14.9. The number of carbonyl (C=O) groups is 3. The minimum absolute atomic E-state index is 0.0556. The van der Waals surface area contributed by atoms with Crippen LogP contribution in [0.25, 0.3) is 6.08 Å². The van der Waals surface area contributed by atoms with E-state index in [1.807, 2.05) is 0 Å². The van der Waals surface area contributed by atoms with Gasteiger partial charge in [-0.25, -0.2) is 4.39 Å². The van der Waals surface area contributed by atoms with Gasteiger partial charge in [0.1, 0.15) is 12.4 Å². The van der Waals surface area contributed by atoms with Gasteiger partial charge in [-0.1, -0.05) is 12.1 Å². The first-order chi connectivity index (χ1) is 13.3. The molecule has 10 heteroatoms. The third kappa shape index (κ3) is 4.41. The molecule has 0 aromatic heterocycles. The Bertz CT molecular complexity index is 1010. The summed E-state index contributed by atoms with van der Waals surface area (Å²) in [6, 6.07) is 10.6. The molecule has 142 valence electrons. The van der Waals surface area contributed by atoms with Crippen LogP contribution in [0, 0.1) is 15.9 Å². The lowest BCUT2D eigenvalue weighted by Gasteiger charge is -2.12. The van der Waals surface area contributed by atoms with Gasteiger partial charge in [0.25, 0.3) is 16.8 Å². The van der Waals surface area contributed by atoms with Crippen LogP contribution in [0.2, 0.25) is 0 Å². The molecule has 1 aliphatic rings. The maximum absolute atomic E-state index is 12.9. The number of non-ortho nitro benzene ring substituents is 1.